The van der Waals surface area contributed by atoms with Crippen LogP contribution in [0.1, 0.15) is 0 Å². The second-order valence-electron chi connectivity index (χ2n) is 2.54. The fraction of sp³-hybridized carbons (Fsp3) is 0.833. The molecule has 70 valence electrons. The zero-order chi connectivity index (χ0) is 9.30. The van der Waals surface area contributed by atoms with E-state index >= 15 is 0 Å². The van der Waals surface area contributed by atoms with Gasteiger partial charge in [-0.2, -0.15) is 0 Å². The number of hydrogen-bond donors (Lipinski definition) is 4. The Balaban J connectivity index is 2.70. The number of aliphatic hydroxyl groups excluding tert-OH is 4. The molecule has 1 fully saturated rings. The van der Waals surface area contributed by atoms with Gasteiger partial charge in [0.05, 0.1) is 6.61 Å². The van der Waals surface area contributed by atoms with E-state index in [1.165, 1.54) is 0 Å². The van der Waals surface area contributed by atoms with Crippen molar-refractivity contribution in [1.29, 1.82) is 0 Å². The van der Waals surface area contributed by atoms with Gasteiger partial charge < -0.3 is 25.2 Å². The summed E-state index contributed by atoms with van der Waals surface area (Å²) in [5, 5.41) is 35.3. The average Bonchev–Trinajstić information content (AvgIpc) is 2.08. The Morgan fingerprint density at radius 3 is 2.42 bits per heavy atom. The second kappa shape index (κ2) is 3.46. The summed E-state index contributed by atoms with van der Waals surface area (Å²) in [5.74, 6) is -0.824. The minimum absolute atomic E-state index is 0.625. The van der Waals surface area contributed by atoms with Crippen molar-refractivity contribution in [1.82, 2.24) is 0 Å². The van der Waals surface area contributed by atoms with E-state index in [9.17, 15) is 4.79 Å². The fourth-order valence-electron chi connectivity index (χ4n) is 0.964. The van der Waals surface area contributed by atoms with Crippen molar-refractivity contribution in [2.45, 2.75) is 24.6 Å². The first-order valence-corrected chi connectivity index (χ1v) is 3.42. The molecule has 6 heteroatoms. The van der Waals surface area contributed by atoms with Gasteiger partial charge in [-0.1, -0.05) is 0 Å². The van der Waals surface area contributed by atoms with E-state index in [-0.39, 0.29) is 0 Å². The second-order valence-corrected chi connectivity index (χ2v) is 2.54. The van der Waals surface area contributed by atoms with E-state index in [1.807, 2.05) is 0 Å². The Labute approximate surface area is 68.0 Å². The summed E-state index contributed by atoms with van der Waals surface area (Å²) in [6.45, 7) is -0.625. The van der Waals surface area contributed by atoms with Crippen molar-refractivity contribution in [3.05, 3.63) is 0 Å². The molecule has 0 aromatic heterocycles. The normalized spacial score (nSPS) is 43.2. The molecule has 1 rings (SSSR count). The number of carbonyl (C=O) groups excluding carboxylic acids is 1. The summed E-state index contributed by atoms with van der Waals surface area (Å²) in [4.78, 5) is 10.9. The molecule has 0 aliphatic carbocycles. The molecule has 0 bridgehead atoms. The molecule has 4 N–H and O–H groups in total. The number of carbonyl (C=O) groups is 1. The van der Waals surface area contributed by atoms with Crippen LogP contribution in [0.15, 0.2) is 0 Å². The minimum Gasteiger partial charge on any atom is -0.393 e. The van der Waals surface area contributed by atoms with Crippen LogP contribution in [0.25, 0.3) is 0 Å². The first kappa shape index (κ1) is 9.56. The summed E-state index contributed by atoms with van der Waals surface area (Å²) in [6, 6.07) is 0. The van der Waals surface area contributed by atoms with Gasteiger partial charge in [0.2, 0.25) is 0 Å². The molecule has 1 unspecified atom stereocenters. The van der Waals surface area contributed by atoms with Crippen LogP contribution in [0.2, 0.25) is 0 Å². The van der Waals surface area contributed by atoms with Crippen LogP contribution in [0, 0.1) is 0 Å². The molecule has 1 saturated heterocycles. The summed E-state index contributed by atoms with van der Waals surface area (Å²) in [7, 11) is 0. The van der Waals surface area contributed by atoms with Gasteiger partial charge in [0, 0.05) is 0 Å². The van der Waals surface area contributed by atoms with Gasteiger partial charge >= 0.3 is 0 Å². The quantitative estimate of drug-likeness (QED) is 0.340. The Kier molecular flexibility index (Phi) is 2.76. The van der Waals surface area contributed by atoms with Gasteiger partial charge in [0.15, 0.2) is 12.1 Å². The van der Waals surface area contributed by atoms with E-state index in [1.54, 1.807) is 0 Å². The topological polar surface area (TPSA) is 107 Å². The third-order valence-electron chi connectivity index (χ3n) is 1.69. The van der Waals surface area contributed by atoms with Crippen molar-refractivity contribution >= 4 is 5.78 Å². The highest BCUT2D eigenvalue weighted by molar-refractivity contribution is 5.88. The lowest BCUT2D eigenvalue weighted by Gasteiger charge is -2.31. The molecule has 1 aliphatic rings. The van der Waals surface area contributed by atoms with Gasteiger partial charge in [-0.25, -0.2) is 0 Å². The van der Waals surface area contributed by atoms with Crippen LogP contribution in [0.4, 0.5) is 0 Å². The van der Waals surface area contributed by atoms with E-state index in [0.717, 1.165) is 0 Å². The highest BCUT2D eigenvalue weighted by Crippen LogP contribution is 2.15. The highest BCUT2D eigenvalue weighted by atomic mass is 16.6. The summed E-state index contributed by atoms with van der Waals surface area (Å²) < 4.78 is 4.48. The Hall–Kier alpha value is -0.530. The van der Waals surface area contributed by atoms with Gasteiger partial charge in [0.25, 0.3) is 0 Å². The number of hydrogen-bond acceptors (Lipinski definition) is 6. The SMILES string of the molecule is O=C1[C@@H](O)[C@@H](O)C(O)O[C@@H]1CO. The van der Waals surface area contributed by atoms with Crippen molar-refractivity contribution in [2.24, 2.45) is 0 Å². The number of ketones is 1. The molecule has 6 nitrogen and oxygen atoms in total. The molecule has 0 radical (unpaired) electrons. The maximum atomic E-state index is 10.9. The lowest BCUT2D eigenvalue weighted by Crippen LogP contribution is -2.55. The zero-order valence-electron chi connectivity index (χ0n) is 6.12. The van der Waals surface area contributed by atoms with Crippen LogP contribution < -0.4 is 0 Å². The highest BCUT2D eigenvalue weighted by Gasteiger charge is 2.42. The molecule has 0 spiro atoms. The Morgan fingerprint density at radius 1 is 1.33 bits per heavy atom. The molecule has 0 aromatic carbocycles. The number of Topliss-reactive ketones (excluding diaryl/α,β-unsaturated/α-hetero) is 1. The largest absolute Gasteiger partial charge is 0.393 e. The van der Waals surface area contributed by atoms with Crippen LogP contribution in [0.3, 0.4) is 0 Å². The number of aliphatic hydroxyl groups is 4. The molecular formula is C6H10O6. The molecular weight excluding hydrogens is 168 g/mol. The molecule has 0 amide bonds. The van der Waals surface area contributed by atoms with Crippen molar-refractivity contribution in [3.8, 4) is 0 Å². The van der Waals surface area contributed by atoms with Gasteiger partial charge in [-0.3, -0.25) is 4.79 Å². The van der Waals surface area contributed by atoms with E-state index in [2.05, 4.69) is 4.74 Å². The third-order valence-corrected chi connectivity index (χ3v) is 1.69. The third kappa shape index (κ3) is 1.47. The van der Waals surface area contributed by atoms with Crippen LogP contribution in [-0.2, 0) is 9.53 Å². The van der Waals surface area contributed by atoms with Crippen molar-refractivity contribution in [3.63, 3.8) is 0 Å². The average molecular weight is 178 g/mol. The molecule has 1 aliphatic heterocycles. The van der Waals surface area contributed by atoms with Crippen molar-refractivity contribution < 1.29 is 30.0 Å². The molecule has 12 heavy (non-hydrogen) atoms. The fourth-order valence-corrected chi connectivity index (χ4v) is 0.964. The van der Waals surface area contributed by atoms with Gasteiger partial charge in [0.1, 0.15) is 18.3 Å². The van der Waals surface area contributed by atoms with E-state index in [0.29, 0.717) is 0 Å². The maximum absolute atomic E-state index is 10.9. The first-order valence-electron chi connectivity index (χ1n) is 3.42. The maximum Gasteiger partial charge on any atom is 0.195 e. The van der Waals surface area contributed by atoms with Crippen LogP contribution in [-0.4, -0.2) is 57.4 Å². The van der Waals surface area contributed by atoms with Crippen molar-refractivity contribution in [2.75, 3.05) is 6.61 Å². The summed E-state index contributed by atoms with van der Waals surface area (Å²) in [6.07, 6.45) is -6.21. The summed E-state index contributed by atoms with van der Waals surface area (Å²) >= 11 is 0. The van der Waals surface area contributed by atoms with Crippen LogP contribution in [0.5, 0.6) is 0 Å². The van der Waals surface area contributed by atoms with E-state index < -0.39 is 37.0 Å². The Bertz CT molecular complexity index is 177. The molecule has 0 saturated carbocycles. The predicted molar refractivity (Wildman–Crippen MR) is 35.0 cm³/mol. The standard InChI is InChI=1S/C6H10O6/c7-1-2-3(8)4(9)5(10)6(11)12-2/h2,4-7,9-11H,1H2/t2-,4-,5-,6?/m1/s1. The van der Waals surface area contributed by atoms with Gasteiger partial charge in [-0.05, 0) is 0 Å². The lowest BCUT2D eigenvalue weighted by atomic mass is 10.0. The molecule has 0 aromatic rings. The molecule has 1 heterocycles. The number of ether oxygens (including phenoxy) is 1. The molecule has 4 atom stereocenters. The first-order chi connectivity index (χ1) is 5.57. The minimum atomic E-state index is -1.69. The van der Waals surface area contributed by atoms with Crippen LogP contribution >= 0.6 is 0 Å². The zero-order valence-corrected chi connectivity index (χ0v) is 6.12. The number of rotatable bonds is 1. The monoisotopic (exact) mass is 178 g/mol. The van der Waals surface area contributed by atoms with Gasteiger partial charge in [-0.15, -0.1) is 0 Å². The smallest absolute Gasteiger partial charge is 0.195 e. The lowest BCUT2D eigenvalue weighted by molar-refractivity contribution is -0.239. The Morgan fingerprint density at radius 2 is 1.92 bits per heavy atom. The van der Waals surface area contributed by atoms with E-state index in [4.69, 9.17) is 20.4 Å². The summed E-state index contributed by atoms with van der Waals surface area (Å²) in [5.41, 5.74) is 0. The predicted octanol–water partition coefficient (Wildman–Crippen LogP) is -3.01.